The van der Waals surface area contributed by atoms with Gasteiger partial charge in [-0.3, -0.25) is 4.79 Å². The van der Waals surface area contributed by atoms with Gasteiger partial charge in [0.05, 0.1) is 18.5 Å². The number of para-hydroxylation sites is 2. The minimum atomic E-state index is -0.484. The molecule has 0 fully saturated rings. The fourth-order valence-corrected chi connectivity index (χ4v) is 2.45. The first kappa shape index (κ1) is 11.7. The molecule has 1 unspecified atom stereocenters. The van der Waals surface area contributed by atoms with Crippen LogP contribution in [0.4, 0.5) is 11.4 Å². The molecule has 0 N–H and O–H groups in total. The van der Waals surface area contributed by atoms with Crippen molar-refractivity contribution in [3.05, 3.63) is 24.3 Å². The van der Waals surface area contributed by atoms with Crippen molar-refractivity contribution in [1.29, 1.82) is 0 Å². The molecule has 6 heteroatoms. The van der Waals surface area contributed by atoms with Crippen LogP contribution >= 0.6 is 0 Å². The summed E-state index contributed by atoms with van der Waals surface area (Å²) in [6.45, 7) is 0. The van der Waals surface area contributed by atoms with Crippen LogP contribution in [0.25, 0.3) is 0 Å². The van der Waals surface area contributed by atoms with E-state index in [9.17, 15) is 9.59 Å². The van der Waals surface area contributed by atoms with Gasteiger partial charge in [-0.2, -0.15) is 5.10 Å². The van der Waals surface area contributed by atoms with Gasteiger partial charge in [0, 0.05) is 13.5 Å². The van der Waals surface area contributed by atoms with Crippen molar-refractivity contribution in [3.63, 3.8) is 0 Å². The molecule has 0 saturated carbocycles. The van der Waals surface area contributed by atoms with E-state index in [0.29, 0.717) is 0 Å². The van der Waals surface area contributed by atoms with Gasteiger partial charge in [0.25, 0.3) is 5.91 Å². The van der Waals surface area contributed by atoms with Crippen LogP contribution in [-0.2, 0) is 14.3 Å². The Morgan fingerprint density at radius 3 is 2.74 bits per heavy atom. The Balaban J connectivity index is 2.07. The fourth-order valence-electron chi connectivity index (χ4n) is 2.45. The molecule has 0 saturated heterocycles. The maximum atomic E-state index is 12.3. The fraction of sp³-hybridized carbons (Fsp3) is 0.308. The quantitative estimate of drug-likeness (QED) is 0.699. The van der Waals surface area contributed by atoms with E-state index in [1.165, 1.54) is 7.11 Å². The van der Waals surface area contributed by atoms with Crippen LogP contribution in [0.1, 0.15) is 6.42 Å². The lowest BCUT2D eigenvalue weighted by Gasteiger charge is -2.35. The van der Waals surface area contributed by atoms with E-state index < -0.39 is 12.0 Å². The highest BCUT2D eigenvalue weighted by atomic mass is 16.5. The van der Waals surface area contributed by atoms with Crippen LogP contribution in [0.2, 0.25) is 0 Å². The van der Waals surface area contributed by atoms with Gasteiger partial charge in [-0.25, -0.2) is 9.80 Å². The second-order valence-corrected chi connectivity index (χ2v) is 4.49. The number of hydrogen-bond acceptors (Lipinski definition) is 5. The third-order valence-corrected chi connectivity index (χ3v) is 3.44. The third-order valence-electron chi connectivity index (χ3n) is 3.44. The van der Waals surface area contributed by atoms with Crippen LogP contribution in [0, 0.1) is 0 Å². The summed E-state index contributed by atoms with van der Waals surface area (Å²) >= 11 is 0. The molecule has 0 spiro atoms. The third kappa shape index (κ3) is 1.60. The summed E-state index contributed by atoms with van der Waals surface area (Å²) in [6, 6.07) is 7.04. The van der Waals surface area contributed by atoms with E-state index in [1.54, 1.807) is 17.0 Å². The molecule has 2 aliphatic heterocycles. The van der Waals surface area contributed by atoms with Crippen molar-refractivity contribution in [1.82, 2.24) is 0 Å². The smallest absolute Gasteiger partial charge is 0.354 e. The number of amides is 1. The summed E-state index contributed by atoms with van der Waals surface area (Å²) in [5.74, 6) is -0.552. The number of likely N-dealkylation sites (N-methyl/N-ethyl adjacent to an activating group) is 1. The van der Waals surface area contributed by atoms with E-state index in [4.69, 9.17) is 0 Å². The number of benzene rings is 1. The average Bonchev–Trinajstić information content (AvgIpc) is 2.89. The van der Waals surface area contributed by atoms with Crippen LogP contribution in [0.15, 0.2) is 29.4 Å². The standard InChI is InChI=1S/C13H13N3O3/c1-15-9-5-3-4-6-10(9)16-11(12(15)17)7-8(14-16)13(18)19-2/h3-6,11H,7H2,1-2H3. The predicted octanol–water partition coefficient (Wildman–Crippen LogP) is 0.771. The monoisotopic (exact) mass is 259 g/mol. The zero-order valence-electron chi connectivity index (χ0n) is 10.7. The number of methoxy groups -OCH3 is 1. The SMILES string of the molecule is COC(=O)C1=NN2c3ccccc3N(C)C(=O)C2C1. The minimum Gasteiger partial charge on any atom is -0.464 e. The Morgan fingerprint density at radius 1 is 1.37 bits per heavy atom. The Bertz CT molecular complexity index is 597. The lowest BCUT2D eigenvalue weighted by molar-refractivity contribution is -0.132. The van der Waals surface area contributed by atoms with E-state index in [-0.39, 0.29) is 18.0 Å². The predicted molar refractivity (Wildman–Crippen MR) is 70.2 cm³/mol. The normalized spacial score (nSPS) is 20.8. The summed E-state index contributed by atoms with van der Waals surface area (Å²) in [5, 5.41) is 5.85. The van der Waals surface area contributed by atoms with Crippen molar-refractivity contribution in [2.24, 2.45) is 5.10 Å². The molecular formula is C13H13N3O3. The summed E-state index contributed by atoms with van der Waals surface area (Å²) in [5.41, 5.74) is 1.90. The molecule has 98 valence electrons. The second-order valence-electron chi connectivity index (χ2n) is 4.49. The molecular weight excluding hydrogens is 246 g/mol. The zero-order valence-corrected chi connectivity index (χ0v) is 10.7. The van der Waals surface area contributed by atoms with Gasteiger partial charge in [-0.15, -0.1) is 0 Å². The van der Waals surface area contributed by atoms with Crippen LogP contribution in [0.5, 0.6) is 0 Å². The van der Waals surface area contributed by atoms with E-state index >= 15 is 0 Å². The molecule has 1 aromatic carbocycles. The van der Waals surface area contributed by atoms with Crippen LogP contribution < -0.4 is 9.91 Å². The maximum Gasteiger partial charge on any atom is 0.354 e. The molecule has 19 heavy (non-hydrogen) atoms. The number of hydrazone groups is 1. The molecule has 0 aliphatic carbocycles. The number of esters is 1. The number of fused-ring (bicyclic) bond motifs is 3. The highest BCUT2D eigenvalue weighted by Crippen LogP contribution is 2.38. The van der Waals surface area contributed by atoms with Crippen LogP contribution in [0.3, 0.4) is 0 Å². The summed E-state index contributed by atoms with van der Waals surface area (Å²) in [6.07, 6.45) is 0.282. The highest BCUT2D eigenvalue weighted by Gasteiger charge is 2.42. The summed E-state index contributed by atoms with van der Waals surface area (Å²) < 4.78 is 4.67. The average molecular weight is 259 g/mol. The number of carbonyl (C=O) groups is 2. The van der Waals surface area contributed by atoms with Crippen molar-refractivity contribution in [3.8, 4) is 0 Å². The number of nitrogens with zero attached hydrogens (tertiary/aromatic N) is 3. The first-order valence-electron chi connectivity index (χ1n) is 5.95. The van der Waals surface area contributed by atoms with Gasteiger partial charge in [0.15, 0.2) is 0 Å². The molecule has 0 aromatic heterocycles. The second kappa shape index (κ2) is 4.08. The number of ether oxygens (including phenoxy) is 1. The van der Waals surface area contributed by atoms with Gasteiger partial charge in [-0.1, -0.05) is 12.1 Å². The Kier molecular flexibility index (Phi) is 2.51. The lowest BCUT2D eigenvalue weighted by atomic mass is 10.1. The molecule has 3 rings (SSSR count). The number of rotatable bonds is 1. The molecule has 2 heterocycles. The highest BCUT2D eigenvalue weighted by molar-refractivity contribution is 6.38. The van der Waals surface area contributed by atoms with E-state index in [0.717, 1.165) is 11.4 Å². The van der Waals surface area contributed by atoms with Crippen molar-refractivity contribution in [2.45, 2.75) is 12.5 Å². The summed E-state index contributed by atoms with van der Waals surface area (Å²) in [7, 11) is 3.04. The van der Waals surface area contributed by atoms with Crippen LogP contribution in [-0.4, -0.2) is 37.8 Å². The molecule has 0 bridgehead atoms. The number of anilines is 2. The van der Waals surface area contributed by atoms with Crippen molar-refractivity contribution in [2.75, 3.05) is 24.1 Å². The first-order valence-corrected chi connectivity index (χ1v) is 5.95. The molecule has 6 nitrogen and oxygen atoms in total. The van der Waals surface area contributed by atoms with Gasteiger partial charge in [0.2, 0.25) is 0 Å². The molecule has 1 atom stereocenters. The van der Waals surface area contributed by atoms with Gasteiger partial charge >= 0.3 is 5.97 Å². The first-order chi connectivity index (χ1) is 9.13. The topological polar surface area (TPSA) is 62.2 Å². The molecule has 2 aliphatic rings. The van der Waals surface area contributed by atoms with Gasteiger partial charge < -0.3 is 9.64 Å². The van der Waals surface area contributed by atoms with E-state index in [1.807, 2.05) is 24.3 Å². The minimum absolute atomic E-state index is 0.0682. The lowest BCUT2D eigenvalue weighted by Crippen LogP contribution is -2.48. The zero-order chi connectivity index (χ0) is 13.6. The maximum absolute atomic E-state index is 12.3. The molecule has 1 amide bonds. The Hall–Kier alpha value is -2.37. The number of hydrogen-bond donors (Lipinski definition) is 0. The van der Waals surface area contributed by atoms with E-state index in [2.05, 4.69) is 9.84 Å². The molecule has 0 radical (unpaired) electrons. The van der Waals surface area contributed by atoms with Gasteiger partial charge in [0.1, 0.15) is 11.8 Å². The van der Waals surface area contributed by atoms with Crippen molar-refractivity contribution >= 4 is 29.0 Å². The van der Waals surface area contributed by atoms with Gasteiger partial charge in [-0.05, 0) is 12.1 Å². The van der Waals surface area contributed by atoms with Crippen molar-refractivity contribution < 1.29 is 14.3 Å². The Labute approximate surface area is 110 Å². The number of carbonyl (C=O) groups excluding carboxylic acids is 2. The summed E-state index contributed by atoms with van der Waals surface area (Å²) in [4.78, 5) is 25.4. The Morgan fingerprint density at radius 2 is 2.05 bits per heavy atom. The molecule has 1 aromatic rings. The largest absolute Gasteiger partial charge is 0.464 e.